The second-order valence-electron chi connectivity index (χ2n) is 9.20. The summed E-state index contributed by atoms with van der Waals surface area (Å²) in [4.78, 5) is 35.0. The van der Waals surface area contributed by atoms with E-state index < -0.39 is 0 Å². The lowest BCUT2D eigenvalue weighted by Gasteiger charge is -2.34. The average molecular weight is 445 g/mol. The second kappa shape index (κ2) is 11.0. The zero-order valence-corrected chi connectivity index (χ0v) is 19.2. The van der Waals surface area contributed by atoms with Gasteiger partial charge >= 0.3 is 12.1 Å². The number of amides is 1. The topological polar surface area (TPSA) is 75.2 Å². The molecule has 1 amide bonds. The van der Waals surface area contributed by atoms with Crippen LogP contribution in [0.2, 0.25) is 0 Å². The van der Waals surface area contributed by atoms with E-state index in [1.54, 1.807) is 0 Å². The molecule has 0 aromatic carbocycles. The molecule has 176 valence electrons. The lowest BCUT2D eigenvalue weighted by molar-refractivity contribution is -0.149. The van der Waals surface area contributed by atoms with Crippen LogP contribution in [0.15, 0.2) is 24.5 Å². The Morgan fingerprint density at radius 3 is 2.53 bits per heavy atom. The number of ether oxygens (including phenoxy) is 2. The van der Waals surface area contributed by atoms with Crippen LogP contribution in [0.3, 0.4) is 0 Å². The molecule has 3 aliphatic heterocycles. The highest BCUT2D eigenvalue weighted by atomic mass is 16.6. The summed E-state index contributed by atoms with van der Waals surface area (Å²) in [6, 6.07) is 4.14. The number of esters is 1. The second-order valence-corrected chi connectivity index (χ2v) is 9.20. The van der Waals surface area contributed by atoms with Gasteiger partial charge in [-0.3, -0.25) is 14.7 Å². The fourth-order valence-electron chi connectivity index (χ4n) is 5.12. The number of hydrogen-bond acceptors (Lipinski definition) is 7. The Kier molecular flexibility index (Phi) is 7.84. The third kappa shape index (κ3) is 5.91. The molecule has 1 aromatic heterocycles. The van der Waals surface area contributed by atoms with E-state index in [1.165, 1.54) is 5.69 Å². The number of cyclic esters (lactones) is 1. The van der Waals surface area contributed by atoms with Crippen molar-refractivity contribution < 1.29 is 19.1 Å². The van der Waals surface area contributed by atoms with Gasteiger partial charge in [-0.05, 0) is 70.2 Å². The molecular weight excluding hydrogens is 408 g/mol. The van der Waals surface area contributed by atoms with Gasteiger partial charge in [0.25, 0.3) is 0 Å². The maximum atomic E-state index is 12.4. The molecule has 0 saturated carbocycles. The molecule has 3 aliphatic rings. The summed E-state index contributed by atoms with van der Waals surface area (Å²) in [5.41, 5.74) is 1.25. The molecule has 8 heteroatoms. The molecule has 4 heterocycles. The van der Waals surface area contributed by atoms with Crippen LogP contribution in [0.4, 0.5) is 10.5 Å². The van der Waals surface area contributed by atoms with E-state index in [9.17, 15) is 9.59 Å². The van der Waals surface area contributed by atoms with E-state index in [4.69, 9.17) is 9.47 Å². The highest BCUT2D eigenvalue weighted by Crippen LogP contribution is 2.26. The van der Waals surface area contributed by atoms with Crippen LogP contribution in [0.5, 0.6) is 0 Å². The van der Waals surface area contributed by atoms with E-state index in [1.807, 2.05) is 24.2 Å². The minimum Gasteiger partial charge on any atom is -0.466 e. The van der Waals surface area contributed by atoms with Crippen molar-refractivity contribution in [3.05, 3.63) is 24.5 Å². The summed E-state index contributed by atoms with van der Waals surface area (Å²) in [6.45, 7) is 8.32. The van der Waals surface area contributed by atoms with Gasteiger partial charge in [-0.2, -0.15) is 0 Å². The summed E-state index contributed by atoms with van der Waals surface area (Å²) in [5.74, 6) is 0.595. The van der Waals surface area contributed by atoms with Crippen LogP contribution in [-0.2, 0) is 14.3 Å². The molecule has 1 aromatic rings. The molecule has 8 nitrogen and oxygen atoms in total. The number of carbonyl (C=O) groups is 2. The van der Waals surface area contributed by atoms with E-state index in [-0.39, 0.29) is 24.1 Å². The van der Waals surface area contributed by atoms with Crippen molar-refractivity contribution in [2.75, 3.05) is 57.3 Å². The van der Waals surface area contributed by atoms with E-state index in [0.29, 0.717) is 19.1 Å². The number of nitrogens with zero attached hydrogens (tertiary/aromatic N) is 4. The van der Waals surface area contributed by atoms with Gasteiger partial charge in [0.05, 0.1) is 19.1 Å². The highest BCUT2D eigenvalue weighted by molar-refractivity contribution is 5.72. The highest BCUT2D eigenvalue weighted by Gasteiger charge is 2.34. The first-order valence-electron chi connectivity index (χ1n) is 12.1. The normalized spacial score (nSPS) is 23.4. The number of pyridine rings is 1. The first-order chi connectivity index (χ1) is 15.6. The molecule has 0 radical (unpaired) electrons. The number of aromatic nitrogens is 1. The fraction of sp³-hybridized carbons (Fsp3) is 0.708. The van der Waals surface area contributed by atoms with Crippen molar-refractivity contribution in [1.29, 1.82) is 0 Å². The molecule has 0 aliphatic carbocycles. The minimum atomic E-state index is -0.175. The van der Waals surface area contributed by atoms with Gasteiger partial charge in [-0.1, -0.05) is 0 Å². The van der Waals surface area contributed by atoms with Gasteiger partial charge in [0.1, 0.15) is 6.10 Å². The Balaban J connectivity index is 1.14. The van der Waals surface area contributed by atoms with Gasteiger partial charge in [0.15, 0.2) is 0 Å². The lowest BCUT2D eigenvalue weighted by Crippen LogP contribution is -2.42. The summed E-state index contributed by atoms with van der Waals surface area (Å²) in [6.07, 6.45) is 8.44. The molecule has 4 rings (SSSR count). The molecule has 32 heavy (non-hydrogen) atoms. The minimum absolute atomic E-state index is 0.0128. The Morgan fingerprint density at radius 2 is 1.84 bits per heavy atom. The number of piperidine rings is 2. The third-order valence-corrected chi connectivity index (χ3v) is 7.07. The zero-order valence-electron chi connectivity index (χ0n) is 19.2. The largest absolute Gasteiger partial charge is 0.466 e. The van der Waals surface area contributed by atoms with Crippen LogP contribution < -0.4 is 4.90 Å². The number of carbonyl (C=O) groups excluding carboxylic acids is 2. The van der Waals surface area contributed by atoms with Crippen molar-refractivity contribution in [3.63, 3.8) is 0 Å². The van der Waals surface area contributed by atoms with Gasteiger partial charge in [-0.15, -0.1) is 0 Å². The van der Waals surface area contributed by atoms with Crippen molar-refractivity contribution in [1.82, 2.24) is 14.8 Å². The molecular formula is C24H36N4O4. The SMILES string of the molecule is CCOC(=O)C1CCN(CC2CN(CCC3CCN(c4ccncc4)CC3)C(=O)O2)CC1. The first-order valence-corrected chi connectivity index (χ1v) is 12.1. The van der Waals surface area contributed by atoms with Crippen molar-refractivity contribution >= 4 is 17.7 Å². The molecule has 3 fully saturated rings. The molecule has 3 saturated heterocycles. The summed E-state index contributed by atoms with van der Waals surface area (Å²) in [7, 11) is 0. The Labute approximate surface area is 190 Å². The van der Waals surface area contributed by atoms with E-state index >= 15 is 0 Å². The van der Waals surface area contributed by atoms with Crippen molar-refractivity contribution in [2.24, 2.45) is 11.8 Å². The van der Waals surface area contributed by atoms with Crippen molar-refractivity contribution in [3.8, 4) is 0 Å². The summed E-state index contributed by atoms with van der Waals surface area (Å²) >= 11 is 0. The fourth-order valence-corrected chi connectivity index (χ4v) is 5.12. The standard InChI is InChI=1S/C24H36N4O4/c1-2-31-23(29)20-8-12-26(13-9-20)17-22-18-28(24(30)32-22)16-7-19-5-14-27(15-6-19)21-3-10-25-11-4-21/h3-4,10-11,19-20,22H,2,5-9,12-18H2,1H3. The number of anilines is 1. The number of rotatable bonds is 8. The number of hydrogen-bond donors (Lipinski definition) is 0. The predicted octanol–water partition coefficient (Wildman–Crippen LogP) is 2.78. The number of likely N-dealkylation sites (tertiary alicyclic amines) is 1. The Morgan fingerprint density at radius 1 is 1.12 bits per heavy atom. The Hall–Kier alpha value is -2.35. The molecule has 0 spiro atoms. The van der Waals surface area contributed by atoms with Gasteiger partial charge < -0.3 is 19.3 Å². The molecule has 0 N–H and O–H groups in total. The maximum Gasteiger partial charge on any atom is 0.410 e. The first kappa shape index (κ1) is 22.8. The van der Waals surface area contributed by atoms with Gasteiger partial charge in [0, 0.05) is 44.3 Å². The Bertz CT molecular complexity index is 746. The van der Waals surface area contributed by atoms with Crippen LogP contribution in [0.25, 0.3) is 0 Å². The van der Waals surface area contributed by atoms with Gasteiger partial charge in [0.2, 0.25) is 0 Å². The van der Waals surface area contributed by atoms with E-state index in [0.717, 1.165) is 71.4 Å². The third-order valence-electron chi connectivity index (χ3n) is 7.07. The van der Waals surface area contributed by atoms with Gasteiger partial charge in [-0.25, -0.2) is 4.79 Å². The van der Waals surface area contributed by atoms with Crippen LogP contribution in [-0.4, -0.2) is 85.4 Å². The average Bonchev–Trinajstić information content (AvgIpc) is 3.18. The van der Waals surface area contributed by atoms with E-state index in [2.05, 4.69) is 26.9 Å². The van der Waals surface area contributed by atoms with Crippen LogP contribution in [0.1, 0.15) is 39.0 Å². The molecule has 1 atom stereocenters. The molecule has 1 unspecified atom stereocenters. The zero-order chi connectivity index (χ0) is 22.3. The monoisotopic (exact) mass is 444 g/mol. The quantitative estimate of drug-likeness (QED) is 0.571. The lowest BCUT2D eigenvalue weighted by atomic mass is 9.93. The smallest absolute Gasteiger partial charge is 0.410 e. The van der Waals surface area contributed by atoms with Crippen molar-refractivity contribution in [2.45, 2.75) is 45.1 Å². The van der Waals surface area contributed by atoms with Crippen LogP contribution >= 0.6 is 0 Å². The maximum absolute atomic E-state index is 12.4. The predicted molar refractivity (Wildman–Crippen MR) is 121 cm³/mol. The van der Waals surface area contributed by atoms with Crippen LogP contribution in [0, 0.1) is 11.8 Å². The summed E-state index contributed by atoms with van der Waals surface area (Å²) in [5, 5.41) is 0. The molecule has 0 bridgehead atoms. The summed E-state index contributed by atoms with van der Waals surface area (Å²) < 4.78 is 10.8.